The van der Waals surface area contributed by atoms with Gasteiger partial charge < -0.3 is 25.2 Å². The van der Waals surface area contributed by atoms with Crippen molar-refractivity contribution >= 4 is 11.9 Å². The van der Waals surface area contributed by atoms with Crippen LogP contribution in [0.3, 0.4) is 0 Å². The van der Waals surface area contributed by atoms with E-state index in [9.17, 15) is 26.3 Å². The SMILES string of the molecule is O=C(O)C(F)(F)F.O=C(O)C(F)(F)F.c1ccc(CNC2CC3(CCN(CC4CC4)CC3)Oc3ccccc32)nc1. The monoisotopic (exact) mass is 591 g/mol. The number of aliphatic carboxylic acids is 2. The van der Waals surface area contributed by atoms with E-state index in [-0.39, 0.29) is 5.60 Å². The minimum Gasteiger partial charge on any atom is -0.487 e. The summed E-state index contributed by atoms with van der Waals surface area (Å²) >= 11 is 0. The highest BCUT2D eigenvalue weighted by Crippen LogP contribution is 2.44. The lowest BCUT2D eigenvalue weighted by Crippen LogP contribution is -2.52. The van der Waals surface area contributed by atoms with Gasteiger partial charge in [-0.15, -0.1) is 0 Å². The average molecular weight is 592 g/mol. The molecule has 0 bridgehead atoms. The Morgan fingerprint density at radius 2 is 1.51 bits per heavy atom. The Kier molecular flexibility index (Phi) is 10.6. The van der Waals surface area contributed by atoms with Crippen LogP contribution in [0.5, 0.6) is 5.75 Å². The van der Waals surface area contributed by atoms with Crippen molar-refractivity contribution in [2.45, 2.75) is 62.6 Å². The molecule has 1 saturated heterocycles. The zero-order chi connectivity index (χ0) is 30.3. The lowest BCUT2D eigenvalue weighted by Gasteiger charge is -2.47. The number of nitrogens with zero attached hydrogens (tertiary/aromatic N) is 2. The summed E-state index contributed by atoms with van der Waals surface area (Å²) < 4.78 is 70.1. The molecular formula is C27H31F6N3O5. The first-order valence-electron chi connectivity index (χ1n) is 12.9. The molecule has 2 aromatic rings. The lowest BCUT2D eigenvalue weighted by molar-refractivity contribution is -0.193. The number of hydrogen-bond donors (Lipinski definition) is 3. The molecule has 1 saturated carbocycles. The molecule has 41 heavy (non-hydrogen) atoms. The van der Waals surface area contributed by atoms with E-state index in [4.69, 9.17) is 24.5 Å². The Hall–Kier alpha value is -3.39. The van der Waals surface area contributed by atoms with Gasteiger partial charge in [-0.25, -0.2) is 9.59 Å². The van der Waals surface area contributed by atoms with Crippen LogP contribution in [0.4, 0.5) is 26.3 Å². The number of carbonyl (C=O) groups is 2. The summed E-state index contributed by atoms with van der Waals surface area (Å²) in [7, 11) is 0. The first-order valence-corrected chi connectivity index (χ1v) is 12.9. The van der Waals surface area contributed by atoms with Gasteiger partial charge in [-0.1, -0.05) is 24.3 Å². The maximum absolute atomic E-state index is 10.6. The number of likely N-dealkylation sites (tertiary alicyclic amines) is 1. The Morgan fingerprint density at radius 1 is 0.951 bits per heavy atom. The van der Waals surface area contributed by atoms with Crippen molar-refractivity contribution in [1.29, 1.82) is 0 Å². The van der Waals surface area contributed by atoms with Crippen LogP contribution in [0.15, 0.2) is 48.7 Å². The van der Waals surface area contributed by atoms with Crippen LogP contribution in [0, 0.1) is 5.92 Å². The van der Waals surface area contributed by atoms with Crippen LogP contribution in [-0.2, 0) is 16.1 Å². The van der Waals surface area contributed by atoms with E-state index < -0.39 is 24.3 Å². The minimum atomic E-state index is -5.08. The molecule has 3 heterocycles. The maximum Gasteiger partial charge on any atom is 0.490 e. The summed E-state index contributed by atoms with van der Waals surface area (Å²) in [5.41, 5.74) is 2.37. The normalized spacial score (nSPS) is 19.9. The number of alkyl halides is 6. The Bertz CT molecular complexity index is 1130. The van der Waals surface area contributed by atoms with Gasteiger partial charge in [0.1, 0.15) is 11.4 Å². The number of rotatable bonds is 5. The fourth-order valence-electron chi connectivity index (χ4n) is 4.65. The fraction of sp³-hybridized carbons (Fsp3) is 0.519. The summed E-state index contributed by atoms with van der Waals surface area (Å²) in [5.74, 6) is -3.47. The van der Waals surface area contributed by atoms with E-state index in [1.54, 1.807) is 0 Å². The molecule has 2 fully saturated rings. The molecule has 226 valence electrons. The summed E-state index contributed by atoms with van der Waals surface area (Å²) in [6, 6.07) is 15.0. The molecule has 0 radical (unpaired) electrons. The number of para-hydroxylation sites is 1. The minimum absolute atomic E-state index is 0.0177. The van der Waals surface area contributed by atoms with Gasteiger partial charge in [0.15, 0.2) is 0 Å². The topological polar surface area (TPSA) is 112 Å². The van der Waals surface area contributed by atoms with Crippen molar-refractivity contribution in [2.75, 3.05) is 19.6 Å². The molecule has 14 heteroatoms. The standard InChI is InChI=1S/C23H29N3O.2C2HF3O2/c1-2-7-22-20(6-1)21(25-16-19-5-3-4-12-24-19)15-23(27-22)10-13-26(14-11-23)17-18-8-9-18;2*3-2(4,5)1(6)7/h1-7,12,18,21,25H,8-11,13-17H2;2*(H,6,7). The third-order valence-corrected chi connectivity index (χ3v) is 6.92. The number of halogens is 6. The highest BCUT2D eigenvalue weighted by Gasteiger charge is 2.43. The number of aromatic nitrogens is 1. The van der Waals surface area contributed by atoms with E-state index in [0.717, 1.165) is 43.2 Å². The number of benzene rings is 1. The molecule has 1 aromatic heterocycles. The van der Waals surface area contributed by atoms with Crippen LogP contribution < -0.4 is 10.1 Å². The van der Waals surface area contributed by atoms with Crippen molar-refractivity contribution in [2.24, 2.45) is 5.92 Å². The number of fused-ring (bicyclic) bond motifs is 1. The summed E-state index contributed by atoms with van der Waals surface area (Å²) in [6.07, 6.45) is -2.11. The largest absolute Gasteiger partial charge is 0.490 e. The van der Waals surface area contributed by atoms with E-state index in [2.05, 4.69) is 51.6 Å². The zero-order valence-corrected chi connectivity index (χ0v) is 21.9. The van der Waals surface area contributed by atoms with E-state index in [1.807, 2.05) is 12.3 Å². The first-order chi connectivity index (χ1) is 19.2. The van der Waals surface area contributed by atoms with Crippen molar-refractivity contribution in [1.82, 2.24) is 15.2 Å². The van der Waals surface area contributed by atoms with Crippen LogP contribution in [-0.4, -0.2) is 69.6 Å². The van der Waals surface area contributed by atoms with Crippen molar-refractivity contribution in [3.05, 3.63) is 59.9 Å². The fourth-order valence-corrected chi connectivity index (χ4v) is 4.65. The molecule has 3 N–H and O–H groups in total. The summed E-state index contributed by atoms with van der Waals surface area (Å²) in [5, 5.41) is 18.0. The van der Waals surface area contributed by atoms with Crippen LogP contribution >= 0.6 is 0 Å². The predicted molar refractivity (Wildman–Crippen MR) is 134 cm³/mol. The van der Waals surface area contributed by atoms with E-state index >= 15 is 0 Å². The Labute approximate surface area is 232 Å². The molecule has 2 aliphatic heterocycles. The second-order valence-corrected chi connectivity index (χ2v) is 10.1. The van der Waals surface area contributed by atoms with Gasteiger partial charge in [0.05, 0.1) is 5.69 Å². The number of hydrogen-bond acceptors (Lipinski definition) is 6. The van der Waals surface area contributed by atoms with Gasteiger partial charge >= 0.3 is 24.3 Å². The zero-order valence-electron chi connectivity index (χ0n) is 21.9. The van der Waals surface area contributed by atoms with Crippen LogP contribution in [0.1, 0.15) is 49.4 Å². The molecule has 8 nitrogen and oxygen atoms in total. The number of carboxylic acid groups (broad SMARTS) is 2. The summed E-state index contributed by atoms with van der Waals surface area (Å²) in [6.45, 7) is 4.44. The quantitative estimate of drug-likeness (QED) is 0.407. The third-order valence-electron chi connectivity index (χ3n) is 6.92. The molecule has 3 aliphatic rings. The predicted octanol–water partition coefficient (Wildman–Crippen LogP) is 5.21. The number of nitrogens with one attached hydrogen (secondary N) is 1. The number of ether oxygens (including phenoxy) is 1. The molecule has 5 rings (SSSR count). The van der Waals surface area contributed by atoms with Crippen molar-refractivity contribution in [3.8, 4) is 5.75 Å². The second kappa shape index (κ2) is 13.5. The van der Waals surface area contributed by atoms with Gasteiger partial charge in [0.25, 0.3) is 0 Å². The van der Waals surface area contributed by atoms with E-state index in [1.165, 1.54) is 38.0 Å². The highest BCUT2D eigenvalue weighted by atomic mass is 19.4. The number of piperidine rings is 1. The molecule has 1 atom stereocenters. The maximum atomic E-state index is 10.6. The summed E-state index contributed by atoms with van der Waals surface area (Å²) in [4.78, 5) is 24.9. The lowest BCUT2D eigenvalue weighted by atomic mass is 9.80. The first kappa shape index (κ1) is 32.1. The van der Waals surface area contributed by atoms with Gasteiger partial charge in [-0.2, -0.15) is 26.3 Å². The number of pyridine rings is 1. The molecule has 1 unspecified atom stereocenters. The smallest absolute Gasteiger partial charge is 0.487 e. The average Bonchev–Trinajstić information content (AvgIpc) is 3.73. The number of carboxylic acids is 2. The second-order valence-electron chi connectivity index (χ2n) is 10.1. The molecular weight excluding hydrogens is 560 g/mol. The van der Waals surface area contributed by atoms with Gasteiger partial charge in [0.2, 0.25) is 0 Å². The van der Waals surface area contributed by atoms with E-state index in [0.29, 0.717) is 6.04 Å². The van der Waals surface area contributed by atoms with Crippen LogP contribution in [0.25, 0.3) is 0 Å². The Balaban J connectivity index is 0.000000276. The molecule has 1 spiro atoms. The van der Waals surface area contributed by atoms with Crippen LogP contribution in [0.2, 0.25) is 0 Å². The van der Waals surface area contributed by atoms with Gasteiger partial charge in [0, 0.05) is 50.4 Å². The molecule has 1 aliphatic carbocycles. The molecule has 0 amide bonds. The van der Waals surface area contributed by atoms with Crippen molar-refractivity contribution < 1.29 is 50.9 Å². The van der Waals surface area contributed by atoms with Crippen molar-refractivity contribution in [3.63, 3.8) is 0 Å². The Morgan fingerprint density at radius 3 is 2.02 bits per heavy atom. The van der Waals surface area contributed by atoms with Gasteiger partial charge in [-0.3, -0.25) is 4.98 Å². The molecule has 1 aromatic carbocycles. The van der Waals surface area contributed by atoms with Gasteiger partial charge in [-0.05, 0) is 49.8 Å². The third kappa shape index (κ3) is 10.2. The highest BCUT2D eigenvalue weighted by molar-refractivity contribution is 5.73.